The standard InChI is InChI=1S/C14H29NO/c1-5-13(16-4)14(15-6-2)12-9-7-8-11(3)10-12/h11-15H,5-10H2,1-4H3. The fourth-order valence-corrected chi connectivity index (χ4v) is 3.21. The Kier molecular flexibility index (Phi) is 6.37. The fraction of sp³-hybridized carbons (Fsp3) is 1.00. The summed E-state index contributed by atoms with van der Waals surface area (Å²) in [6, 6.07) is 0.558. The van der Waals surface area contributed by atoms with E-state index in [-0.39, 0.29) is 0 Å². The van der Waals surface area contributed by atoms with Crippen molar-refractivity contribution in [1.82, 2.24) is 5.32 Å². The Morgan fingerprint density at radius 3 is 2.56 bits per heavy atom. The number of methoxy groups -OCH3 is 1. The zero-order valence-electron chi connectivity index (χ0n) is 11.5. The Morgan fingerprint density at radius 1 is 1.31 bits per heavy atom. The monoisotopic (exact) mass is 227 g/mol. The van der Waals surface area contributed by atoms with Crippen LogP contribution in [0.25, 0.3) is 0 Å². The molecule has 1 N–H and O–H groups in total. The lowest BCUT2D eigenvalue weighted by molar-refractivity contribution is 0.0328. The first kappa shape index (κ1) is 14.0. The molecule has 0 bridgehead atoms. The summed E-state index contributed by atoms with van der Waals surface area (Å²) in [5.74, 6) is 1.71. The molecule has 2 heteroatoms. The van der Waals surface area contributed by atoms with Gasteiger partial charge in [-0.15, -0.1) is 0 Å². The topological polar surface area (TPSA) is 21.3 Å². The SMILES string of the molecule is CCNC(C1CCCC(C)C1)C(CC)OC. The summed E-state index contributed by atoms with van der Waals surface area (Å²) in [6.45, 7) is 7.87. The lowest BCUT2D eigenvalue weighted by Gasteiger charge is -2.37. The van der Waals surface area contributed by atoms with Crippen LogP contribution in [0.3, 0.4) is 0 Å². The molecule has 0 heterocycles. The summed E-state index contributed by atoms with van der Waals surface area (Å²) in [4.78, 5) is 0. The third-order valence-electron chi connectivity index (χ3n) is 4.03. The first-order valence-electron chi connectivity index (χ1n) is 6.99. The van der Waals surface area contributed by atoms with Crippen LogP contribution >= 0.6 is 0 Å². The van der Waals surface area contributed by atoms with E-state index in [4.69, 9.17) is 4.74 Å². The molecule has 1 aliphatic carbocycles. The third kappa shape index (κ3) is 3.74. The van der Waals surface area contributed by atoms with Crippen LogP contribution < -0.4 is 5.32 Å². The van der Waals surface area contributed by atoms with Gasteiger partial charge in [0.05, 0.1) is 6.10 Å². The molecule has 0 aromatic heterocycles. The molecule has 0 spiro atoms. The van der Waals surface area contributed by atoms with Gasteiger partial charge in [0.15, 0.2) is 0 Å². The van der Waals surface area contributed by atoms with E-state index in [1.54, 1.807) is 0 Å². The zero-order chi connectivity index (χ0) is 12.0. The average molecular weight is 227 g/mol. The summed E-state index contributed by atoms with van der Waals surface area (Å²) in [5.41, 5.74) is 0. The summed E-state index contributed by atoms with van der Waals surface area (Å²) >= 11 is 0. The average Bonchev–Trinajstić information content (AvgIpc) is 2.29. The quantitative estimate of drug-likeness (QED) is 0.752. The molecule has 16 heavy (non-hydrogen) atoms. The molecule has 4 unspecified atom stereocenters. The third-order valence-corrected chi connectivity index (χ3v) is 4.03. The summed E-state index contributed by atoms with van der Waals surface area (Å²) in [6.07, 6.45) is 7.06. The summed E-state index contributed by atoms with van der Waals surface area (Å²) < 4.78 is 5.64. The van der Waals surface area contributed by atoms with Gasteiger partial charge < -0.3 is 10.1 Å². The first-order chi connectivity index (χ1) is 7.72. The van der Waals surface area contributed by atoms with Gasteiger partial charge in [0, 0.05) is 13.2 Å². The number of rotatable bonds is 6. The summed E-state index contributed by atoms with van der Waals surface area (Å²) in [5, 5.41) is 3.65. The van der Waals surface area contributed by atoms with E-state index in [1.807, 2.05) is 7.11 Å². The molecular formula is C14H29NO. The highest BCUT2D eigenvalue weighted by atomic mass is 16.5. The second-order valence-corrected chi connectivity index (χ2v) is 5.30. The Bertz CT molecular complexity index is 180. The molecule has 0 aliphatic heterocycles. The number of ether oxygens (including phenoxy) is 1. The molecule has 0 aromatic rings. The number of likely N-dealkylation sites (N-methyl/N-ethyl adjacent to an activating group) is 1. The second kappa shape index (κ2) is 7.29. The van der Waals surface area contributed by atoms with Crippen molar-refractivity contribution >= 4 is 0 Å². The van der Waals surface area contributed by atoms with E-state index < -0.39 is 0 Å². The molecule has 1 aliphatic rings. The smallest absolute Gasteiger partial charge is 0.0724 e. The molecular weight excluding hydrogens is 198 g/mol. The molecule has 0 amide bonds. The minimum absolute atomic E-state index is 0.384. The number of hydrogen-bond donors (Lipinski definition) is 1. The van der Waals surface area contributed by atoms with Crippen LogP contribution in [0.5, 0.6) is 0 Å². The zero-order valence-corrected chi connectivity index (χ0v) is 11.5. The Labute approximate surface area is 101 Å². The molecule has 1 rings (SSSR count). The second-order valence-electron chi connectivity index (χ2n) is 5.30. The van der Waals surface area contributed by atoms with Crippen LogP contribution in [-0.4, -0.2) is 25.8 Å². The van der Waals surface area contributed by atoms with Crippen molar-refractivity contribution in [3.8, 4) is 0 Å². The maximum Gasteiger partial charge on any atom is 0.0724 e. The van der Waals surface area contributed by atoms with Gasteiger partial charge in [-0.25, -0.2) is 0 Å². The van der Waals surface area contributed by atoms with Crippen LogP contribution in [0.1, 0.15) is 52.9 Å². The maximum atomic E-state index is 5.64. The molecule has 0 radical (unpaired) electrons. The highest BCUT2D eigenvalue weighted by Crippen LogP contribution is 2.32. The van der Waals surface area contributed by atoms with Gasteiger partial charge in [0.2, 0.25) is 0 Å². The first-order valence-corrected chi connectivity index (χ1v) is 6.99. The Hall–Kier alpha value is -0.0800. The minimum atomic E-state index is 0.384. The van der Waals surface area contributed by atoms with Crippen LogP contribution in [0.2, 0.25) is 0 Å². The lowest BCUT2D eigenvalue weighted by Crippen LogP contribution is -2.47. The van der Waals surface area contributed by atoms with E-state index >= 15 is 0 Å². The predicted octanol–water partition coefficient (Wildman–Crippen LogP) is 3.22. The molecule has 4 atom stereocenters. The predicted molar refractivity (Wildman–Crippen MR) is 69.7 cm³/mol. The van der Waals surface area contributed by atoms with Crippen molar-refractivity contribution in [3.63, 3.8) is 0 Å². The van der Waals surface area contributed by atoms with Gasteiger partial charge in [0.1, 0.15) is 0 Å². The van der Waals surface area contributed by atoms with Crippen LogP contribution in [-0.2, 0) is 4.74 Å². The Morgan fingerprint density at radius 2 is 2.06 bits per heavy atom. The normalized spacial score (nSPS) is 30.0. The highest BCUT2D eigenvalue weighted by Gasteiger charge is 2.30. The van der Waals surface area contributed by atoms with E-state index in [2.05, 4.69) is 26.1 Å². The lowest BCUT2D eigenvalue weighted by atomic mass is 9.76. The van der Waals surface area contributed by atoms with Gasteiger partial charge in [-0.1, -0.05) is 33.6 Å². The van der Waals surface area contributed by atoms with Gasteiger partial charge in [-0.05, 0) is 37.6 Å². The van der Waals surface area contributed by atoms with Crippen molar-refractivity contribution in [2.45, 2.75) is 65.0 Å². The van der Waals surface area contributed by atoms with Crippen molar-refractivity contribution < 1.29 is 4.74 Å². The van der Waals surface area contributed by atoms with Crippen LogP contribution in [0.4, 0.5) is 0 Å². The molecule has 0 saturated heterocycles. The Balaban J connectivity index is 2.59. The van der Waals surface area contributed by atoms with E-state index in [0.29, 0.717) is 12.1 Å². The molecule has 2 nitrogen and oxygen atoms in total. The number of nitrogens with one attached hydrogen (secondary N) is 1. The largest absolute Gasteiger partial charge is 0.380 e. The molecule has 0 aromatic carbocycles. The van der Waals surface area contributed by atoms with E-state index in [9.17, 15) is 0 Å². The van der Waals surface area contributed by atoms with Gasteiger partial charge >= 0.3 is 0 Å². The van der Waals surface area contributed by atoms with Crippen LogP contribution in [0.15, 0.2) is 0 Å². The van der Waals surface area contributed by atoms with Crippen molar-refractivity contribution in [2.24, 2.45) is 11.8 Å². The van der Waals surface area contributed by atoms with Gasteiger partial charge in [-0.3, -0.25) is 0 Å². The highest BCUT2D eigenvalue weighted by molar-refractivity contribution is 4.86. The van der Waals surface area contributed by atoms with Crippen molar-refractivity contribution in [3.05, 3.63) is 0 Å². The number of hydrogen-bond acceptors (Lipinski definition) is 2. The molecule has 1 fully saturated rings. The maximum absolute atomic E-state index is 5.64. The van der Waals surface area contributed by atoms with E-state index in [0.717, 1.165) is 24.8 Å². The minimum Gasteiger partial charge on any atom is -0.380 e. The fourth-order valence-electron chi connectivity index (χ4n) is 3.21. The molecule has 1 saturated carbocycles. The summed E-state index contributed by atoms with van der Waals surface area (Å²) in [7, 11) is 1.85. The van der Waals surface area contributed by atoms with Crippen molar-refractivity contribution in [1.29, 1.82) is 0 Å². The van der Waals surface area contributed by atoms with Crippen LogP contribution in [0, 0.1) is 11.8 Å². The van der Waals surface area contributed by atoms with Gasteiger partial charge in [0.25, 0.3) is 0 Å². The van der Waals surface area contributed by atoms with Gasteiger partial charge in [-0.2, -0.15) is 0 Å². The molecule has 96 valence electrons. The van der Waals surface area contributed by atoms with E-state index in [1.165, 1.54) is 25.7 Å². The van der Waals surface area contributed by atoms with Crippen molar-refractivity contribution in [2.75, 3.05) is 13.7 Å².